The van der Waals surface area contributed by atoms with Gasteiger partial charge in [0, 0.05) is 23.0 Å². The summed E-state index contributed by atoms with van der Waals surface area (Å²) in [6.45, 7) is 1.93. The Morgan fingerprint density at radius 2 is 2.14 bits per heavy atom. The molecule has 0 aliphatic carbocycles. The van der Waals surface area contributed by atoms with E-state index < -0.39 is 0 Å². The first kappa shape index (κ1) is 13.3. The van der Waals surface area contributed by atoms with Crippen molar-refractivity contribution in [2.75, 3.05) is 0 Å². The number of pyridine rings is 1. The summed E-state index contributed by atoms with van der Waals surface area (Å²) in [5.74, 6) is 0. The molecule has 3 aromatic rings. The normalized spacial score (nSPS) is 10.3. The molecule has 0 saturated heterocycles. The zero-order valence-corrected chi connectivity index (χ0v) is 11.9. The van der Waals surface area contributed by atoms with E-state index in [4.69, 9.17) is 11.6 Å². The molecule has 0 aliphatic heterocycles. The largest absolute Gasteiger partial charge is 0.264 e. The maximum Gasteiger partial charge on any atom is 0.191 e. The van der Waals surface area contributed by atoms with Crippen molar-refractivity contribution in [1.29, 1.82) is 5.26 Å². The van der Waals surface area contributed by atoms with Gasteiger partial charge in [-0.2, -0.15) is 5.26 Å². The van der Waals surface area contributed by atoms with Crippen LogP contribution in [0.3, 0.4) is 0 Å². The zero-order valence-electron chi connectivity index (χ0n) is 11.2. The number of halogens is 1. The van der Waals surface area contributed by atoms with Crippen molar-refractivity contribution in [2.24, 2.45) is 0 Å². The fraction of sp³-hybridized carbons (Fsp3) is 0.0667. The number of nitriles is 1. The molecule has 0 fully saturated rings. The highest BCUT2D eigenvalue weighted by Gasteiger charge is 2.17. The van der Waals surface area contributed by atoms with E-state index >= 15 is 0 Å². The highest BCUT2D eigenvalue weighted by Crippen LogP contribution is 2.26. The lowest BCUT2D eigenvalue weighted by Crippen LogP contribution is -2.02. The summed E-state index contributed by atoms with van der Waals surface area (Å²) in [5, 5.41) is 17.9. The Balaban J connectivity index is 2.26. The van der Waals surface area contributed by atoms with Crippen LogP contribution in [0.15, 0.2) is 42.7 Å². The van der Waals surface area contributed by atoms with Gasteiger partial charge in [-0.05, 0) is 42.8 Å². The molecule has 0 amide bonds. The average Bonchev–Trinajstić information content (AvgIpc) is 2.92. The molecule has 2 heterocycles. The number of benzene rings is 1. The van der Waals surface area contributed by atoms with Crippen molar-refractivity contribution >= 4 is 11.6 Å². The Labute approximate surface area is 126 Å². The van der Waals surface area contributed by atoms with Gasteiger partial charge in [0.25, 0.3) is 0 Å². The van der Waals surface area contributed by atoms with Crippen molar-refractivity contribution in [3.8, 4) is 23.0 Å². The van der Waals surface area contributed by atoms with Gasteiger partial charge in [-0.1, -0.05) is 16.8 Å². The lowest BCUT2D eigenvalue weighted by atomic mass is 10.1. The van der Waals surface area contributed by atoms with Crippen molar-refractivity contribution in [3.63, 3.8) is 0 Å². The first-order valence-corrected chi connectivity index (χ1v) is 6.61. The Bertz CT molecular complexity index is 833. The third kappa shape index (κ3) is 2.37. The summed E-state index contributed by atoms with van der Waals surface area (Å²) in [5.41, 5.74) is 3.44. The smallest absolute Gasteiger partial charge is 0.191 e. The van der Waals surface area contributed by atoms with Crippen molar-refractivity contribution < 1.29 is 0 Å². The second-order valence-corrected chi connectivity index (χ2v) is 4.92. The third-order valence-electron chi connectivity index (χ3n) is 3.10. The lowest BCUT2D eigenvalue weighted by molar-refractivity contribution is 0.802. The van der Waals surface area contributed by atoms with Crippen LogP contribution in [-0.2, 0) is 0 Å². The minimum absolute atomic E-state index is 0.261. The zero-order chi connectivity index (χ0) is 14.8. The van der Waals surface area contributed by atoms with Crippen LogP contribution in [0.1, 0.15) is 11.3 Å². The first-order valence-electron chi connectivity index (χ1n) is 6.23. The van der Waals surface area contributed by atoms with Gasteiger partial charge in [0.2, 0.25) is 0 Å². The van der Waals surface area contributed by atoms with Gasteiger partial charge in [0.1, 0.15) is 11.8 Å². The molecule has 0 unspecified atom stereocenters. The number of hydrogen-bond donors (Lipinski definition) is 0. The van der Waals surface area contributed by atoms with E-state index in [0.717, 1.165) is 16.8 Å². The Kier molecular flexibility index (Phi) is 3.38. The monoisotopic (exact) mass is 295 g/mol. The van der Waals surface area contributed by atoms with Gasteiger partial charge in [-0.15, -0.1) is 5.10 Å². The van der Waals surface area contributed by atoms with Crippen LogP contribution in [0.5, 0.6) is 0 Å². The molecule has 0 atom stereocenters. The summed E-state index contributed by atoms with van der Waals surface area (Å²) in [7, 11) is 0. The molecule has 0 saturated carbocycles. The molecule has 0 N–H and O–H groups in total. The van der Waals surface area contributed by atoms with Gasteiger partial charge in [-0.3, -0.25) is 4.98 Å². The fourth-order valence-electron chi connectivity index (χ4n) is 2.14. The standard InChI is InChI=1S/C15H10ClN5/c1-10-7-12(16)4-5-14(10)21-15(13(8-17)19-20-21)11-3-2-6-18-9-11/h2-7,9H,1H3. The molecular formula is C15H10ClN5. The van der Waals surface area contributed by atoms with E-state index in [0.29, 0.717) is 10.7 Å². The van der Waals surface area contributed by atoms with Crippen LogP contribution in [-0.4, -0.2) is 20.0 Å². The SMILES string of the molecule is Cc1cc(Cl)ccc1-n1nnc(C#N)c1-c1cccnc1. The molecule has 0 bridgehead atoms. The van der Waals surface area contributed by atoms with Crippen molar-refractivity contribution in [3.05, 3.63) is 59.0 Å². The maximum atomic E-state index is 9.25. The maximum absolute atomic E-state index is 9.25. The summed E-state index contributed by atoms with van der Waals surface area (Å²) in [4.78, 5) is 4.09. The highest BCUT2D eigenvalue weighted by atomic mass is 35.5. The van der Waals surface area contributed by atoms with E-state index in [1.807, 2.05) is 31.2 Å². The summed E-state index contributed by atoms with van der Waals surface area (Å²) in [6, 6.07) is 11.2. The number of aromatic nitrogens is 4. The number of aryl methyl sites for hydroxylation is 1. The van der Waals surface area contributed by atoms with Gasteiger partial charge in [0.05, 0.1) is 5.69 Å². The number of hydrogen-bond acceptors (Lipinski definition) is 4. The minimum Gasteiger partial charge on any atom is -0.264 e. The fourth-order valence-corrected chi connectivity index (χ4v) is 2.37. The van der Waals surface area contributed by atoms with E-state index in [-0.39, 0.29) is 5.69 Å². The van der Waals surface area contributed by atoms with Crippen molar-refractivity contribution in [1.82, 2.24) is 20.0 Å². The van der Waals surface area contributed by atoms with Crippen LogP contribution in [0.2, 0.25) is 5.02 Å². The highest BCUT2D eigenvalue weighted by molar-refractivity contribution is 6.30. The van der Waals surface area contributed by atoms with Gasteiger partial charge in [0.15, 0.2) is 5.69 Å². The molecule has 0 radical (unpaired) electrons. The van der Waals surface area contributed by atoms with Crippen LogP contribution in [0.4, 0.5) is 0 Å². The molecule has 21 heavy (non-hydrogen) atoms. The molecule has 3 rings (SSSR count). The molecule has 6 heteroatoms. The number of nitrogens with zero attached hydrogens (tertiary/aromatic N) is 5. The molecule has 0 spiro atoms. The Morgan fingerprint density at radius 1 is 1.29 bits per heavy atom. The predicted molar refractivity (Wildman–Crippen MR) is 79.1 cm³/mol. The van der Waals surface area contributed by atoms with E-state index in [2.05, 4.69) is 21.4 Å². The Morgan fingerprint density at radius 3 is 2.81 bits per heavy atom. The third-order valence-corrected chi connectivity index (χ3v) is 3.33. The average molecular weight is 296 g/mol. The van der Waals surface area contributed by atoms with Crippen molar-refractivity contribution in [2.45, 2.75) is 6.92 Å². The van der Waals surface area contributed by atoms with Gasteiger partial charge < -0.3 is 0 Å². The molecule has 102 valence electrons. The molecule has 2 aromatic heterocycles. The van der Waals surface area contributed by atoms with E-state index in [1.165, 1.54) is 0 Å². The first-order chi connectivity index (χ1) is 10.2. The summed E-state index contributed by atoms with van der Waals surface area (Å²) >= 11 is 5.99. The van der Waals surface area contributed by atoms with Gasteiger partial charge in [-0.25, -0.2) is 4.68 Å². The molecule has 1 aromatic carbocycles. The minimum atomic E-state index is 0.261. The summed E-state index contributed by atoms with van der Waals surface area (Å²) < 4.78 is 1.64. The van der Waals surface area contributed by atoms with Crippen LogP contribution < -0.4 is 0 Å². The molecule has 5 nitrogen and oxygen atoms in total. The van der Waals surface area contributed by atoms with Crippen LogP contribution in [0.25, 0.3) is 16.9 Å². The topological polar surface area (TPSA) is 67.4 Å². The molecule has 0 aliphatic rings. The summed E-state index contributed by atoms with van der Waals surface area (Å²) in [6.07, 6.45) is 3.36. The van der Waals surface area contributed by atoms with Crippen LogP contribution in [0, 0.1) is 18.3 Å². The Hall–Kier alpha value is -2.71. The van der Waals surface area contributed by atoms with E-state index in [1.54, 1.807) is 23.1 Å². The predicted octanol–water partition coefficient (Wildman–Crippen LogP) is 3.16. The second kappa shape index (κ2) is 5.35. The quantitative estimate of drug-likeness (QED) is 0.728. The van der Waals surface area contributed by atoms with E-state index in [9.17, 15) is 5.26 Å². The molecular weight excluding hydrogens is 286 g/mol. The number of rotatable bonds is 2. The van der Waals surface area contributed by atoms with Crippen LogP contribution >= 0.6 is 11.6 Å². The lowest BCUT2D eigenvalue weighted by Gasteiger charge is -2.09. The van der Waals surface area contributed by atoms with Gasteiger partial charge >= 0.3 is 0 Å². The second-order valence-electron chi connectivity index (χ2n) is 4.48.